The summed E-state index contributed by atoms with van der Waals surface area (Å²) in [6.07, 6.45) is 8.28. The molecule has 0 radical (unpaired) electrons. The number of pyridine rings is 1. The van der Waals surface area contributed by atoms with E-state index in [1.165, 1.54) is 5.56 Å². The predicted molar refractivity (Wildman–Crippen MR) is 108 cm³/mol. The summed E-state index contributed by atoms with van der Waals surface area (Å²) in [6.45, 7) is 2.74. The van der Waals surface area contributed by atoms with Gasteiger partial charge >= 0.3 is 6.01 Å². The zero-order chi connectivity index (χ0) is 19.3. The molecule has 0 aliphatic rings. The largest absolute Gasteiger partial charge is 0.467 e. The van der Waals surface area contributed by atoms with E-state index in [-0.39, 0.29) is 0 Å². The second-order valence-electron chi connectivity index (χ2n) is 6.41. The van der Waals surface area contributed by atoms with Gasteiger partial charge in [0.2, 0.25) is 0 Å². The van der Waals surface area contributed by atoms with Gasteiger partial charge in [0.15, 0.2) is 0 Å². The van der Waals surface area contributed by atoms with E-state index in [2.05, 4.69) is 55.7 Å². The number of rotatable bonds is 6. The molecule has 3 aromatic heterocycles. The molecular weight excluding hydrogens is 350 g/mol. The molecule has 140 valence electrons. The molecular formula is C22H21N5O. The first-order chi connectivity index (χ1) is 13.8. The Kier molecular flexibility index (Phi) is 5.10. The maximum absolute atomic E-state index is 5.09. The van der Waals surface area contributed by atoms with Crippen molar-refractivity contribution in [2.75, 3.05) is 7.11 Å². The molecule has 0 bridgehead atoms. The van der Waals surface area contributed by atoms with Gasteiger partial charge in [-0.2, -0.15) is 0 Å². The lowest BCUT2D eigenvalue weighted by Gasteiger charge is -2.11. The Balaban J connectivity index is 1.78. The fraction of sp³-hybridized carbons (Fsp3) is 0.182. The normalized spacial score (nSPS) is 10.8. The van der Waals surface area contributed by atoms with E-state index in [9.17, 15) is 0 Å². The van der Waals surface area contributed by atoms with E-state index in [1.807, 2.05) is 30.7 Å². The first-order valence-corrected chi connectivity index (χ1v) is 9.19. The van der Waals surface area contributed by atoms with Gasteiger partial charge in [-0.3, -0.25) is 4.98 Å². The molecule has 0 amide bonds. The van der Waals surface area contributed by atoms with E-state index in [0.29, 0.717) is 12.6 Å². The Hall–Kier alpha value is -3.54. The molecule has 0 aliphatic carbocycles. The van der Waals surface area contributed by atoms with Crippen LogP contribution >= 0.6 is 0 Å². The fourth-order valence-corrected chi connectivity index (χ4v) is 3.09. The first-order valence-electron chi connectivity index (χ1n) is 9.19. The topological polar surface area (TPSA) is 65.7 Å². The van der Waals surface area contributed by atoms with Gasteiger partial charge in [0, 0.05) is 29.7 Å². The van der Waals surface area contributed by atoms with Gasteiger partial charge in [0.05, 0.1) is 37.1 Å². The maximum Gasteiger partial charge on any atom is 0.316 e. The number of hydrogen-bond donors (Lipinski definition) is 0. The molecule has 28 heavy (non-hydrogen) atoms. The van der Waals surface area contributed by atoms with Crippen LogP contribution in [0.25, 0.3) is 22.5 Å². The zero-order valence-corrected chi connectivity index (χ0v) is 15.9. The van der Waals surface area contributed by atoms with Crippen LogP contribution in [0.2, 0.25) is 0 Å². The first kappa shape index (κ1) is 17.9. The molecule has 3 heterocycles. The Morgan fingerprint density at radius 3 is 2.29 bits per heavy atom. The molecule has 0 saturated heterocycles. The molecule has 0 aliphatic heterocycles. The monoisotopic (exact) mass is 371 g/mol. The highest BCUT2D eigenvalue weighted by atomic mass is 16.5. The van der Waals surface area contributed by atoms with Crippen LogP contribution in [0.4, 0.5) is 0 Å². The van der Waals surface area contributed by atoms with Crippen LogP contribution in [-0.4, -0.2) is 31.6 Å². The molecule has 0 atom stereocenters. The van der Waals surface area contributed by atoms with Crippen molar-refractivity contribution < 1.29 is 4.74 Å². The second kappa shape index (κ2) is 8.00. The van der Waals surface area contributed by atoms with Crippen LogP contribution in [0.3, 0.4) is 0 Å². The van der Waals surface area contributed by atoms with Crippen molar-refractivity contribution in [3.8, 4) is 28.5 Å². The van der Waals surface area contributed by atoms with Crippen molar-refractivity contribution in [1.82, 2.24) is 24.5 Å². The van der Waals surface area contributed by atoms with Crippen molar-refractivity contribution in [3.63, 3.8) is 0 Å². The third-order valence-electron chi connectivity index (χ3n) is 4.60. The molecule has 6 heteroatoms. The number of ether oxygens (including phenoxy) is 1. The number of aryl methyl sites for hydroxylation is 1. The lowest BCUT2D eigenvalue weighted by molar-refractivity contribution is 0.380. The number of benzene rings is 1. The second-order valence-corrected chi connectivity index (χ2v) is 6.41. The number of aromatic nitrogens is 5. The lowest BCUT2D eigenvalue weighted by Crippen LogP contribution is -2.04. The number of hydrogen-bond acceptors (Lipinski definition) is 5. The third kappa shape index (κ3) is 3.62. The average Bonchev–Trinajstić information content (AvgIpc) is 3.18. The Morgan fingerprint density at radius 1 is 0.857 bits per heavy atom. The molecule has 4 rings (SSSR count). The minimum atomic E-state index is 0.341. The minimum absolute atomic E-state index is 0.341. The van der Waals surface area contributed by atoms with Crippen LogP contribution in [0, 0.1) is 0 Å². The van der Waals surface area contributed by atoms with Gasteiger partial charge in [0.25, 0.3) is 0 Å². The van der Waals surface area contributed by atoms with Crippen LogP contribution in [-0.2, 0) is 13.0 Å². The summed E-state index contributed by atoms with van der Waals surface area (Å²) in [7, 11) is 1.56. The fourth-order valence-electron chi connectivity index (χ4n) is 3.09. The van der Waals surface area contributed by atoms with E-state index in [1.54, 1.807) is 19.5 Å². The number of imidazole rings is 1. The van der Waals surface area contributed by atoms with Crippen molar-refractivity contribution in [2.45, 2.75) is 19.9 Å². The summed E-state index contributed by atoms with van der Waals surface area (Å²) in [5.74, 6) is 0. The summed E-state index contributed by atoms with van der Waals surface area (Å²) in [4.78, 5) is 17.8. The molecule has 0 unspecified atom stereocenters. The summed E-state index contributed by atoms with van der Waals surface area (Å²) in [5, 5.41) is 0. The van der Waals surface area contributed by atoms with Crippen LogP contribution in [0.15, 0.2) is 67.4 Å². The standard InChI is InChI=1S/C22H21N5O/c1-3-16-9-10-19(23-11-16)14-27-15-26-20(17-7-5-4-6-8-17)21(27)18-12-24-22(28-2)25-13-18/h4-13,15H,3,14H2,1-2H3. The number of methoxy groups -OCH3 is 1. The Morgan fingerprint density at radius 2 is 1.64 bits per heavy atom. The van der Waals surface area contributed by atoms with Crippen molar-refractivity contribution in [3.05, 3.63) is 78.6 Å². The molecule has 0 saturated carbocycles. The summed E-state index contributed by atoms with van der Waals surface area (Å²) >= 11 is 0. The molecule has 4 aromatic rings. The van der Waals surface area contributed by atoms with Crippen molar-refractivity contribution in [2.24, 2.45) is 0 Å². The van der Waals surface area contributed by atoms with E-state index in [4.69, 9.17) is 4.74 Å². The predicted octanol–water partition coefficient (Wildman–Crippen LogP) is 4.02. The summed E-state index contributed by atoms with van der Waals surface area (Å²) in [5.41, 5.74) is 5.96. The minimum Gasteiger partial charge on any atom is -0.467 e. The quantitative estimate of drug-likeness (QED) is 0.512. The third-order valence-corrected chi connectivity index (χ3v) is 4.60. The van der Waals surface area contributed by atoms with E-state index < -0.39 is 0 Å². The Bertz CT molecular complexity index is 1040. The highest BCUT2D eigenvalue weighted by Gasteiger charge is 2.16. The smallest absolute Gasteiger partial charge is 0.316 e. The van der Waals surface area contributed by atoms with Crippen molar-refractivity contribution in [1.29, 1.82) is 0 Å². The SMILES string of the molecule is CCc1ccc(Cn2cnc(-c3ccccc3)c2-c2cnc(OC)nc2)nc1. The molecule has 0 fully saturated rings. The van der Waals surface area contributed by atoms with Gasteiger partial charge in [-0.1, -0.05) is 43.3 Å². The zero-order valence-electron chi connectivity index (χ0n) is 15.9. The average molecular weight is 371 g/mol. The highest BCUT2D eigenvalue weighted by molar-refractivity contribution is 5.78. The molecule has 1 aromatic carbocycles. The van der Waals surface area contributed by atoms with Crippen molar-refractivity contribution >= 4 is 0 Å². The summed E-state index contributed by atoms with van der Waals surface area (Å²) < 4.78 is 7.18. The van der Waals surface area contributed by atoms with Gasteiger partial charge in [0.1, 0.15) is 0 Å². The Labute approximate surface area is 163 Å². The van der Waals surface area contributed by atoms with Gasteiger partial charge in [-0.05, 0) is 18.1 Å². The van der Waals surface area contributed by atoms with Gasteiger partial charge in [-0.25, -0.2) is 15.0 Å². The number of nitrogens with zero attached hydrogens (tertiary/aromatic N) is 5. The van der Waals surface area contributed by atoms with Crippen LogP contribution in [0.5, 0.6) is 6.01 Å². The molecule has 0 N–H and O–H groups in total. The maximum atomic E-state index is 5.09. The van der Waals surface area contributed by atoms with Gasteiger partial charge in [-0.15, -0.1) is 0 Å². The van der Waals surface area contributed by atoms with Gasteiger partial charge < -0.3 is 9.30 Å². The molecule has 0 spiro atoms. The van der Waals surface area contributed by atoms with Crippen LogP contribution < -0.4 is 4.74 Å². The molecule has 6 nitrogen and oxygen atoms in total. The summed E-state index contributed by atoms with van der Waals surface area (Å²) in [6, 6.07) is 14.6. The highest BCUT2D eigenvalue weighted by Crippen LogP contribution is 2.31. The lowest BCUT2D eigenvalue weighted by atomic mass is 10.1. The van der Waals surface area contributed by atoms with E-state index >= 15 is 0 Å². The van der Waals surface area contributed by atoms with E-state index in [0.717, 1.165) is 34.6 Å². The van der Waals surface area contributed by atoms with Crippen LogP contribution in [0.1, 0.15) is 18.2 Å².